The van der Waals surface area contributed by atoms with Crippen molar-refractivity contribution in [1.29, 1.82) is 0 Å². The van der Waals surface area contributed by atoms with Crippen LogP contribution < -0.4 is 0 Å². The fraction of sp³-hybridized carbons (Fsp3) is 0.400. The van der Waals surface area contributed by atoms with Crippen LogP contribution in [-0.4, -0.2) is 5.16 Å². The number of hydrogen-bond acceptors (Lipinski definition) is 0. The van der Waals surface area contributed by atoms with Crippen molar-refractivity contribution in [3.63, 3.8) is 0 Å². The first-order chi connectivity index (χ1) is 10.6. The van der Waals surface area contributed by atoms with E-state index in [4.69, 9.17) is 0 Å². The lowest BCUT2D eigenvalue weighted by atomic mass is 9.98. The third-order valence-electron chi connectivity index (χ3n) is 5.13. The van der Waals surface area contributed by atoms with E-state index in [-0.39, 0.29) is 7.92 Å². The molecule has 0 spiro atoms. The van der Waals surface area contributed by atoms with Gasteiger partial charge in [-0.2, -0.15) is 0 Å². The topological polar surface area (TPSA) is 0 Å². The normalized spacial score (nSPS) is 27.9. The molecule has 0 aliphatic carbocycles. The second-order valence-corrected chi connectivity index (χ2v) is 12.0. The van der Waals surface area contributed by atoms with E-state index >= 15 is 0 Å². The molecule has 2 aliphatic rings. The smallest absolute Gasteiger partial charge is 0.0158 e. The van der Waals surface area contributed by atoms with Crippen LogP contribution >= 0.6 is 16.5 Å². The van der Waals surface area contributed by atoms with E-state index in [2.05, 4.69) is 69.3 Å². The zero-order valence-electron chi connectivity index (χ0n) is 13.6. The molecule has 0 amide bonds. The maximum absolute atomic E-state index is 2.46. The van der Waals surface area contributed by atoms with Gasteiger partial charge in [-0.25, -0.2) is 0 Å². The molecule has 3 unspecified atom stereocenters. The second kappa shape index (κ2) is 5.43. The minimum absolute atomic E-state index is 0.00498. The predicted molar refractivity (Wildman–Crippen MR) is 101 cm³/mol. The predicted octanol–water partition coefficient (Wildman–Crippen LogP) is 6.46. The zero-order chi connectivity index (χ0) is 15.3. The van der Waals surface area contributed by atoms with Gasteiger partial charge in [-0.3, -0.25) is 0 Å². The highest BCUT2D eigenvalue weighted by Gasteiger charge is 2.44. The first kappa shape index (κ1) is 14.9. The Balaban J connectivity index is 1.81. The van der Waals surface area contributed by atoms with E-state index < -0.39 is 0 Å². The third-order valence-corrected chi connectivity index (χ3v) is 10.7. The SMILES string of the molecule is CC(C)(C)P1Cc2ccccc2[C@@H]1C1PCc2ccccc21. The van der Waals surface area contributed by atoms with Gasteiger partial charge in [0, 0.05) is 11.3 Å². The Morgan fingerprint density at radius 1 is 0.909 bits per heavy atom. The third kappa shape index (κ3) is 2.36. The van der Waals surface area contributed by atoms with Gasteiger partial charge in [0.2, 0.25) is 0 Å². The largest absolute Gasteiger partial charge is 0.109 e. The van der Waals surface area contributed by atoms with Gasteiger partial charge in [-0.15, -0.1) is 8.58 Å². The Kier molecular flexibility index (Phi) is 3.67. The van der Waals surface area contributed by atoms with Crippen LogP contribution in [0.25, 0.3) is 0 Å². The van der Waals surface area contributed by atoms with Crippen molar-refractivity contribution < 1.29 is 0 Å². The molecule has 0 bridgehead atoms. The van der Waals surface area contributed by atoms with Crippen molar-refractivity contribution in [3.05, 3.63) is 70.8 Å². The highest BCUT2D eigenvalue weighted by atomic mass is 31.1. The molecule has 2 aromatic rings. The van der Waals surface area contributed by atoms with Crippen LogP contribution in [0.4, 0.5) is 0 Å². The molecular formula is C20H24P2. The fourth-order valence-electron chi connectivity index (χ4n) is 4.04. The molecule has 114 valence electrons. The van der Waals surface area contributed by atoms with Gasteiger partial charge in [-0.1, -0.05) is 77.2 Å². The summed E-state index contributed by atoms with van der Waals surface area (Å²) in [4.78, 5) is 0. The van der Waals surface area contributed by atoms with Crippen LogP contribution in [0.5, 0.6) is 0 Å². The van der Waals surface area contributed by atoms with Crippen molar-refractivity contribution in [2.75, 3.05) is 0 Å². The van der Waals surface area contributed by atoms with Crippen LogP contribution in [0.3, 0.4) is 0 Å². The molecule has 0 N–H and O–H groups in total. The van der Waals surface area contributed by atoms with Gasteiger partial charge in [0.1, 0.15) is 0 Å². The van der Waals surface area contributed by atoms with Crippen molar-refractivity contribution >= 4 is 16.5 Å². The van der Waals surface area contributed by atoms with Crippen molar-refractivity contribution in [2.24, 2.45) is 0 Å². The van der Waals surface area contributed by atoms with Gasteiger partial charge in [0.05, 0.1) is 0 Å². The number of rotatable bonds is 1. The van der Waals surface area contributed by atoms with E-state index in [0.717, 1.165) is 19.9 Å². The highest BCUT2D eigenvalue weighted by molar-refractivity contribution is 7.60. The van der Waals surface area contributed by atoms with Crippen molar-refractivity contribution in [1.82, 2.24) is 0 Å². The van der Waals surface area contributed by atoms with Crippen LogP contribution in [0.1, 0.15) is 54.3 Å². The summed E-state index contributed by atoms with van der Waals surface area (Å²) in [5.41, 5.74) is 8.09. The Bertz CT molecular complexity index is 699. The lowest BCUT2D eigenvalue weighted by molar-refractivity contribution is 0.758. The molecule has 2 heteroatoms. The maximum atomic E-state index is 2.46. The van der Waals surface area contributed by atoms with Crippen molar-refractivity contribution in [2.45, 2.75) is 49.6 Å². The molecule has 0 saturated carbocycles. The Morgan fingerprint density at radius 2 is 1.55 bits per heavy atom. The van der Waals surface area contributed by atoms with Crippen LogP contribution in [0.2, 0.25) is 0 Å². The molecule has 2 aromatic carbocycles. The molecule has 0 nitrogen and oxygen atoms in total. The first-order valence-corrected chi connectivity index (χ1v) is 11.1. The number of fused-ring (bicyclic) bond motifs is 2. The summed E-state index contributed by atoms with van der Waals surface area (Å²) < 4.78 is 0. The molecule has 2 aliphatic heterocycles. The van der Waals surface area contributed by atoms with Crippen LogP contribution in [-0.2, 0) is 12.3 Å². The summed E-state index contributed by atoms with van der Waals surface area (Å²) >= 11 is 0. The summed E-state index contributed by atoms with van der Waals surface area (Å²) in [7, 11) is 1.06. The standard InChI is InChI=1S/C20H24P2/c1-20(2,3)22-13-15-9-5-7-11-17(15)19(22)18-16-10-6-4-8-14(16)12-21-18/h4-11,18-19,21H,12-13H2,1-3H3/t18?,19-,22?/m1/s1. The summed E-state index contributed by atoms with van der Waals surface area (Å²) in [6, 6.07) is 18.5. The zero-order valence-corrected chi connectivity index (χ0v) is 15.5. The Hall–Kier alpha value is -0.700. The Labute approximate surface area is 137 Å². The van der Waals surface area contributed by atoms with Gasteiger partial charge in [-0.05, 0) is 39.7 Å². The minimum atomic E-state index is -0.00498. The molecule has 22 heavy (non-hydrogen) atoms. The summed E-state index contributed by atoms with van der Waals surface area (Å²) in [6.07, 6.45) is 2.62. The lowest BCUT2D eigenvalue weighted by Crippen LogP contribution is -2.16. The van der Waals surface area contributed by atoms with Crippen molar-refractivity contribution in [3.8, 4) is 0 Å². The number of benzene rings is 2. The second-order valence-electron chi connectivity index (χ2n) is 7.50. The van der Waals surface area contributed by atoms with E-state index in [9.17, 15) is 0 Å². The number of hydrogen-bond donors (Lipinski definition) is 0. The van der Waals surface area contributed by atoms with Crippen LogP contribution in [0, 0.1) is 0 Å². The summed E-state index contributed by atoms with van der Waals surface area (Å²) in [6.45, 7) is 7.38. The van der Waals surface area contributed by atoms with Gasteiger partial charge in [0.25, 0.3) is 0 Å². The average Bonchev–Trinajstić information content (AvgIpc) is 3.07. The molecule has 0 fully saturated rings. The molecule has 0 radical (unpaired) electrons. The van der Waals surface area contributed by atoms with E-state index in [1.807, 2.05) is 0 Å². The van der Waals surface area contributed by atoms with Gasteiger partial charge < -0.3 is 0 Å². The van der Waals surface area contributed by atoms with Crippen LogP contribution in [0.15, 0.2) is 48.5 Å². The monoisotopic (exact) mass is 326 g/mol. The molecule has 4 rings (SSSR count). The summed E-state index contributed by atoms with van der Waals surface area (Å²) in [5, 5.41) is 0.432. The average molecular weight is 326 g/mol. The Morgan fingerprint density at radius 3 is 2.27 bits per heavy atom. The quantitative estimate of drug-likeness (QED) is 0.528. The lowest BCUT2D eigenvalue weighted by Gasteiger charge is -2.36. The van der Waals surface area contributed by atoms with E-state index in [1.54, 1.807) is 22.3 Å². The first-order valence-electron chi connectivity index (χ1n) is 8.21. The molecule has 2 heterocycles. The molecular weight excluding hydrogens is 302 g/mol. The molecule has 4 atom stereocenters. The summed E-state index contributed by atoms with van der Waals surface area (Å²) in [5.74, 6) is 0. The van der Waals surface area contributed by atoms with Gasteiger partial charge >= 0.3 is 0 Å². The fourth-order valence-corrected chi connectivity index (χ4v) is 9.83. The van der Waals surface area contributed by atoms with Gasteiger partial charge in [0.15, 0.2) is 0 Å². The molecule has 0 saturated heterocycles. The maximum Gasteiger partial charge on any atom is 0.0158 e. The molecule has 0 aromatic heterocycles. The minimum Gasteiger partial charge on any atom is -0.109 e. The van der Waals surface area contributed by atoms with E-state index in [0.29, 0.717) is 5.16 Å². The highest BCUT2D eigenvalue weighted by Crippen LogP contribution is 2.74. The van der Waals surface area contributed by atoms with E-state index in [1.165, 1.54) is 12.3 Å².